The molecule has 3 rings (SSSR count). The van der Waals surface area contributed by atoms with Crippen LogP contribution in [0.5, 0.6) is 5.75 Å². The first-order valence-electron chi connectivity index (χ1n) is 8.74. The highest BCUT2D eigenvalue weighted by Gasteiger charge is 2.15. The molecule has 1 N–H and O–H groups in total. The van der Waals surface area contributed by atoms with Crippen molar-refractivity contribution in [2.45, 2.75) is 27.1 Å². The van der Waals surface area contributed by atoms with Crippen LogP contribution in [-0.2, 0) is 13.2 Å². The van der Waals surface area contributed by atoms with Gasteiger partial charge in [-0.3, -0.25) is 0 Å². The van der Waals surface area contributed by atoms with Gasteiger partial charge < -0.3 is 14.1 Å². The lowest BCUT2D eigenvalue weighted by Crippen LogP contribution is -3.07. The van der Waals surface area contributed by atoms with Crippen molar-refractivity contribution in [1.82, 2.24) is 9.78 Å². The molecule has 0 bridgehead atoms. The molecule has 3 aromatic rings. The van der Waals surface area contributed by atoms with Gasteiger partial charge in [0.2, 0.25) is 0 Å². The van der Waals surface area contributed by atoms with Crippen LogP contribution < -0.4 is 9.64 Å². The molecule has 0 aliphatic heterocycles. The van der Waals surface area contributed by atoms with Gasteiger partial charge in [-0.2, -0.15) is 4.68 Å². The van der Waals surface area contributed by atoms with E-state index < -0.39 is 0 Å². The first kappa shape index (κ1) is 18.4. The second-order valence-electron chi connectivity index (χ2n) is 6.32. The predicted molar refractivity (Wildman–Crippen MR) is 104 cm³/mol. The summed E-state index contributed by atoms with van der Waals surface area (Å²) in [7, 11) is 2.12. The minimum absolute atomic E-state index is 0.371. The summed E-state index contributed by atoms with van der Waals surface area (Å²) >= 11 is 5.37. The molecule has 1 atom stereocenters. The normalized spacial score (nSPS) is 12.1. The molecular formula is C20H24N3O2S+. The van der Waals surface area contributed by atoms with Crippen molar-refractivity contribution < 1.29 is 14.1 Å². The fourth-order valence-electron chi connectivity index (χ4n) is 2.88. The largest absolute Gasteiger partial charge is 0.493 e. The number of aryl methyl sites for hydroxylation is 1. The quantitative estimate of drug-likeness (QED) is 0.649. The maximum Gasteiger partial charge on any atom is 0.292 e. The Kier molecular flexibility index (Phi) is 5.85. The molecular weight excluding hydrogens is 346 g/mol. The van der Waals surface area contributed by atoms with E-state index >= 15 is 0 Å². The van der Waals surface area contributed by atoms with Crippen LogP contribution >= 0.6 is 12.2 Å². The fourth-order valence-corrected chi connectivity index (χ4v) is 3.07. The zero-order chi connectivity index (χ0) is 18.5. The van der Waals surface area contributed by atoms with Gasteiger partial charge in [0.25, 0.3) is 10.7 Å². The Morgan fingerprint density at radius 3 is 2.65 bits per heavy atom. The number of hydrogen-bond donors (Lipinski definition) is 1. The molecule has 1 heterocycles. The summed E-state index contributed by atoms with van der Waals surface area (Å²) in [6.45, 7) is 6.20. The minimum Gasteiger partial charge on any atom is -0.493 e. The van der Waals surface area contributed by atoms with Crippen molar-refractivity contribution in [3.63, 3.8) is 0 Å². The molecule has 0 aliphatic carbocycles. The van der Waals surface area contributed by atoms with Crippen molar-refractivity contribution in [2.24, 2.45) is 0 Å². The summed E-state index contributed by atoms with van der Waals surface area (Å²) in [5.74, 6) is 1.24. The van der Waals surface area contributed by atoms with Crippen molar-refractivity contribution >= 4 is 12.2 Å². The number of para-hydroxylation sites is 1. The molecule has 0 saturated heterocycles. The smallest absolute Gasteiger partial charge is 0.292 e. The molecule has 0 radical (unpaired) electrons. The average molecular weight is 370 g/mol. The van der Waals surface area contributed by atoms with E-state index in [0.717, 1.165) is 17.9 Å². The second-order valence-corrected chi connectivity index (χ2v) is 6.67. The number of quaternary nitrogens is 1. The van der Waals surface area contributed by atoms with Crippen LogP contribution in [0.15, 0.2) is 52.9 Å². The molecule has 5 nitrogen and oxygen atoms in total. The van der Waals surface area contributed by atoms with Gasteiger partial charge >= 0.3 is 0 Å². The Bertz CT molecular complexity index is 933. The maximum absolute atomic E-state index is 5.74. The lowest BCUT2D eigenvalue weighted by atomic mass is 10.1. The summed E-state index contributed by atoms with van der Waals surface area (Å²) < 4.78 is 13.1. The van der Waals surface area contributed by atoms with Gasteiger partial charge in [0.05, 0.1) is 19.2 Å². The maximum atomic E-state index is 5.74. The lowest BCUT2D eigenvalue weighted by Gasteiger charge is -2.14. The zero-order valence-electron chi connectivity index (χ0n) is 15.4. The Morgan fingerprint density at radius 2 is 1.88 bits per heavy atom. The van der Waals surface area contributed by atoms with E-state index in [2.05, 4.69) is 43.3 Å². The van der Waals surface area contributed by atoms with E-state index in [0.29, 0.717) is 24.0 Å². The first-order valence-corrected chi connectivity index (χ1v) is 9.15. The van der Waals surface area contributed by atoms with Crippen LogP contribution in [0.3, 0.4) is 0 Å². The molecule has 1 unspecified atom stereocenters. The first-order chi connectivity index (χ1) is 12.6. The van der Waals surface area contributed by atoms with E-state index in [1.54, 1.807) is 4.68 Å². The van der Waals surface area contributed by atoms with Crippen LogP contribution in [0, 0.1) is 11.8 Å². The van der Waals surface area contributed by atoms with E-state index in [4.69, 9.17) is 21.4 Å². The Labute approximate surface area is 158 Å². The lowest BCUT2D eigenvalue weighted by molar-refractivity contribution is -0.917. The number of nitrogens with one attached hydrogen (secondary N) is 1. The summed E-state index contributed by atoms with van der Waals surface area (Å²) in [5.41, 5.74) is 3.43. The minimum atomic E-state index is 0.371. The van der Waals surface area contributed by atoms with Gasteiger partial charge in [0, 0.05) is 5.56 Å². The monoisotopic (exact) mass is 370 g/mol. The fraction of sp³-hybridized carbons (Fsp3) is 0.300. The van der Waals surface area contributed by atoms with Crippen molar-refractivity contribution in [3.05, 3.63) is 64.5 Å². The van der Waals surface area contributed by atoms with Crippen LogP contribution in [0.2, 0.25) is 0 Å². The molecule has 0 fully saturated rings. The van der Waals surface area contributed by atoms with Crippen molar-refractivity contribution in [2.75, 3.05) is 13.7 Å². The van der Waals surface area contributed by atoms with Crippen LogP contribution in [0.1, 0.15) is 18.1 Å². The van der Waals surface area contributed by atoms with Crippen molar-refractivity contribution in [1.29, 1.82) is 0 Å². The van der Waals surface area contributed by atoms with E-state index in [9.17, 15) is 0 Å². The summed E-state index contributed by atoms with van der Waals surface area (Å²) in [6.07, 6.45) is 0. The van der Waals surface area contributed by atoms with Gasteiger partial charge in [0.15, 0.2) is 6.67 Å². The molecule has 6 heteroatoms. The number of benzene rings is 2. The molecule has 2 aromatic carbocycles. The third-order valence-corrected chi connectivity index (χ3v) is 4.49. The van der Waals surface area contributed by atoms with Crippen LogP contribution in [-0.4, -0.2) is 23.4 Å². The summed E-state index contributed by atoms with van der Waals surface area (Å²) in [6, 6.07) is 16.1. The number of ether oxygens (including phenoxy) is 1. The van der Waals surface area contributed by atoms with Gasteiger partial charge in [-0.15, -0.1) is 5.10 Å². The Morgan fingerprint density at radius 1 is 1.15 bits per heavy atom. The molecule has 0 saturated carbocycles. The van der Waals surface area contributed by atoms with Gasteiger partial charge in [0.1, 0.15) is 12.3 Å². The molecule has 0 spiro atoms. The highest BCUT2D eigenvalue weighted by atomic mass is 32.1. The SMILES string of the molecule is CCOc1ccccc1-c1nn(C[NH+](C)Cc2ccccc2C)c(=S)o1. The third-order valence-electron chi connectivity index (χ3n) is 4.20. The third kappa shape index (κ3) is 4.20. The molecule has 0 aliphatic rings. The Balaban J connectivity index is 1.79. The predicted octanol–water partition coefficient (Wildman–Crippen LogP) is 3.25. The summed E-state index contributed by atoms with van der Waals surface area (Å²) in [4.78, 5) is 1.64. The number of nitrogens with zero attached hydrogens (tertiary/aromatic N) is 2. The van der Waals surface area contributed by atoms with E-state index in [1.807, 2.05) is 31.2 Å². The van der Waals surface area contributed by atoms with Crippen LogP contribution in [0.4, 0.5) is 0 Å². The van der Waals surface area contributed by atoms with E-state index in [-0.39, 0.29) is 0 Å². The topological polar surface area (TPSA) is 44.6 Å². The van der Waals surface area contributed by atoms with E-state index in [1.165, 1.54) is 16.0 Å². The average Bonchev–Trinajstić information content (AvgIpc) is 2.98. The summed E-state index contributed by atoms with van der Waals surface area (Å²) in [5, 5.41) is 4.57. The Hall–Kier alpha value is -2.44. The number of hydrogen-bond acceptors (Lipinski definition) is 4. The molecule has 0 amide bonds. The van der Waals surface area contributed by atoms with Crippen LogP contribution in [0.25, 0.3) is 11.5 Å². The molecule has 1 aromatic heterocycles. The zero-order valence-corrected chi connectivity index (χ0v) is 16.2. The van der Waals surface area contributed by atoms with Gasteiger partial charge in [-0.25, -0.2) is 0 Å². The highest BCUT2D eigenvalue weighted by molar-refractivity contribution is 7.71. The second kappa shape index (κ2) is 8.29. The molecule has 26 heavy (non-hydrogen) atoms. The van der Waals surface area contributed by atoms with Gasteiger partial charge in [-0.1, -0.05) is 36.4 Å². The van der Waals surface area contributed by atoms with Gasteiger partial charge in [-0.05, 0) is 43.8 Å². The highest BCUT2D eigenvalue weighted by Crippen LogP contribution is 2.28. The standard InChI is InChI=1S/C20H23N3O2S/c1-4-24-18-12-8-7-11-17(18)19-21-23(20(26)25-19)14-22(3)13-16-10-6-5-9-15(16)2/h5-12H,4,13-14H2,1-3H3/p+1. The number of rotatable bonds is 7. The van der Waals surface area contributed by atoms with Crippen molar-refractivity contribution in [3.8, 4) is 17.2 Å². The number of aromatic nitrogens is 2. The molecule has 136 valence electrons.